The van der Waals surface area contributed by atoms with Crippen molar-refractivity contribution >= 4 is 18.0 Å². The molecule has 2 amide bonds. The van der Waals surface area contributed by atoms with Gasteiger partial charge in [0.25, 0.3) is 0 Å². The summed E-state index contributed by atoms with van der Waals surface area (Å²) in [4.78, 5) is 31.7. The molecule has 1 heterocycles. The quantitative estimate of drug-likeness (QED) is 0.660. The standard InChI is InChI=1S/C17H25N3O4/c1-16(2,3)23-14(21)19-13(10-12-8-7-9-18-11-12)20-15(22)24-17(4,5)6/h7-9,11H,10H2,1-6H3,(H,19,20,21,22). The number of aliphatic imine (C=N–C) groups is 1. The lowest BCUT2D eigenvalue weighted by atomic mass is 10.2. The van der Waals surface area contributed by atoms with Crippen molar-refractivity contribution in [2.24, 2.45) is 4.99 Å². The van der Waals surface area contributed by atoms with E-state index < -0.39 is 23.4 Å². The molecule has 132 valence electrons. The van der Waals surface area contributed by atoms with E-state index in [1.54, 1.807) is 60.0 Å². The van der Waals surface area contributed by atoms with E-state index in [2.05, 4.69) is 15.3 Å². The summed E-state index contributed by atoms with van der Waals surface area (Å²) in [5.74, 6) is 0.131. The van der Waals surface area contributed by atoms with Crippen molar-refractivity contribution in [1.82, 2.24) is 10.3 Å². The summed E-state index contributed by atoms with van der Waals surface area (Å²) in [6, 6.07) is 3.57. The number of hydrogen-bond donors (Lipinski definition) is 1. The fourth-order valence-corrected chi connectivity index (χ4v) is 1.62. The van der Waals surface area contributed by atoms with Gasteiger partial charge >= 0.3 is 12.2 Å². The van der Waals surface area contributed by atoms with Crippen LogP contribution in [0.4, 0.5) is 9.59 Å². The van der Waals surface area contributed by atoms with E-state index in [0.717, 1.165) is 5.56 Å². The van der Waals surface area contributed by atoms with Gasteiger partial charge in [0.15, 0.2) is 0 Å². The third-order valence-electron chi connectivity index (χ3n) is 2.36. The van der Waals surface area contributed by atoms with Crippen LogP contribution in [0.2, 0.25) is 0 Å². The van der Waals surface area contributed by atoms with E-state index in [1.807, 2.05) is 6.07 Å². The molecule has 0 aliphatic carbocycles. The number of alkyl carbamates (subject to hydrolysis) is 1. The van der Waals surface area contributed by atoms with Gasteiger partial charge in [-0.15, -0.1) is 0 Å². The first kappa shape index (κ1) is 19.6. The number of nitrogens with zero attached hydrogens (tertiary/aromatic N) is 2. The molecule has 0 aliphatic rings. The maximum absolute atomic E-state index is 11.9. The topological polar surface area (TPSA) is 89.9 Å². The van der Waals surface area contributed by atoms with Crippen molar-refractivity contribution < 1.29 is 19.1 Å². The summed E-state index contributed by atoms with van der Waals surface area (Å²) in [5.41, 5.74) is -0.544. The average Bonchev–Trinajstić information content (AvgIpc) is 2.34. The number of amides is 2. The van der Waals surface area contributed by atoms with Crippen LogP contribution in [0.3, 0.4) is 0 Å². The third kappa shape index (κ3) is 8.87. The number of pyridine rings is 1. The van der Waals surface area contributed by atoms with Crippen LogP contribution in [0.5, 0.6) is 0 Å². The van der Waals surface area contributed by atoms with Crippen molar-refractivity contribution in [3.63, 3.8) is 0 Å². The third-order valence-corrected chi connectivity index (χ3v) is 2.36. The number of carbonyl (C=O) groups is 2. The Labute approximate surface area is 142 Å². The predicted molar refractivity (Wildman–Crippen MR) is 91.0 cm³/mol. The molecular formula is C17H25N3O4. The van der Waals surface area contributed by atoms with Crippen LogP contribution in [0.15, 0.2) is 29.5 Å². The minimum atomic E-state index is -0.780. The Bertz CT molecular complexity index is 599. The molecule has 1 N–H and O–H groups in total. The van der Waals surface area contributed by atoms with Gasteiger partial charge in [-0.25, -0.2) is 9.59 Å². The van der Waals surface area contributed by atoms with Crippen LogP contribution >= 0.6 is 0 Å². The zero-order valence-electron chi connectivity index (χ0n) is 15.0. The van der Waals surface area contributed by atoms with Crippen LogP contribution in [0, 0.1) is 0 Å². The normalized spacial score (nSPS) is 12.5. The molecule has 0 saturated heterocycles. The fourth-order valence-electron chi connectivity index (χ4n) is 1.62. The highest BCUT2D eigenvalue weighted by molar-refractivity contribution is 6.01. The lowest BCUT2D eigenvalue weighted by Crippen LogP contribution is -2.38. The number of aromatic nitrogens is 1. The Morgan fingerprint density at radius 1 is 1.12 bits per heavy atom. The minimum Gasteiger partial charge on any atom is -0.444 e. The summed E-state index contributed by atoms with van der Waals surface area (Å²) in [6.07, 6.45) is 2.01. The van der Waals surface area contributed by atoms with Crippen molar-refractivity contribution in [2.75, 3.05) is 0 Å². The molecule has 7 nitrogen and oxygen atoms in total. The molecular weight excluding hydrogens is 310 g/mol. The monoisotopic (exact) mass is 335 g/mol. The van der Waals surface area contributed by atoms with Crippen LogP contribution < -0.4 is 5.32 Å². The Hall–Kier alpha value is -2.44. The molecule has 0 unspecified atom stereocenters. The maximum Gasteiger partial charge on any atom is 0.435 e. The minimum absolute atomic E-state index is 0.131. The van der Waals surface area contributed by atoms with E-state index in [-0.39, 0.29) is 12.3 Å². The molecule has 0 aliphatic heterocycles. The molecule has 0 saturated carbocycles. The van der Waals surface area contributed by atoms with Crippen LogP contribution in [0.1, 0.15) is 47.1 Å². The van der Waals surface area contributed by atoms with Crippen LogP contribution in [-0.2, 0) is 15.9 Å². The molecule has 1 aromatic heterocycles. The highest BCUT2D eigenvalue weighted by Crippen LogP contribution is 2.10. The number of ether oxygens (including phenoxy) is 2. The SMILES string of the molecule is CC(C)(C)OC(=O)N=C(Cc1cccnc1)NC(=O)OC(C)(C)C. The largest absolute Gasteiger partial charge is 0.444 e. The molecule has 0 spiro atoms. The summed E-state index contributed by atoms with van der Waals surface area (Å²) < 4.78 is 10.3. The number of amidine groups is 1. The second-order valence-electron chi connectivity index (χ2n) is 7.20. The van der Waals surface area contributed by atoms with Crippen molar-refractivity contribution in [2.45, 2.75) is 59.2 Å². The summed E-state index contributed by atoms with van der Waals surface area (Å²) in [5, 5.41) is 2.50. The van der Waals surface area contributed by atoms with Crippen molar-refractivity contribution in [3.05, 3.63) is 30.1 Å². The summed E-state index contributed by atoms with van der Waals surface area (Å²) in [6.45, 7) is 10.5. The zero-order valence-corrected chi connectivity index (χ0v) is 15.0. The van der Waals surface area contributed by atoms with Gasteiger partial charge in [0, 0.05) is 18.8 Å². The molecule has 0 bridgehead atoms. The van der Waals surface area contributed by atoms with Gasteiger partial charge in [0.2, 0.25) is 0 Å². The Balaban J connectivity index is 2.90. The van der Waals surface area contributed by atoms with E-state index >= 15 is 0 Å². The van der Waals surface area contributed by atoms with E-state index in [4.69, 9.17) is 9.47 Å². The van der Waals surface area contributed by atoms with E-state index in [1.165, 1.54) is 0 Å². The Morgan fingerprint density at radius 2 is 1.75 bits per heavy atom. The summed E-state index contributed by atoms with van der Waals surface area (Å²) in [7, 11) is 0. The van der Waals surface area contributed by atoms with Gasteiger partial charge in [-0.05, 0) is 53.2 Å². The van der Waals surface area contributed by atoms with Gasteiger partial charge in [-0.1, -0.05) is 6.07 Å². The van der Waals surface area contributed by atoms with E-state index in [9.17, 15) is 9.59 Å². The number of nitrogens with one attached hydrogen (secondary N) is 1. The van der Waals surface area contributed by atoms with Crippen LogP contribution in [-0.4, -0.2) is 34.2 Å². The van der Waals surface area contributed by atoms with Crippen molar-refractivity contribution in [3.8, 4) is 0 Å². The number of hydrogen-bond acceptors (Lipinski definition) is 5. The molecule has 0 atom stereocenters. The van der Waals surface area contributed by atoms with Gasteiger partial charge in [-0.2, -0.15) is 4.99 Å². The lowest BCUT2D eigenvalue weighted by Gasteiger charge is -2.20. The van der Waals surface area contributed by atoms with Gasteiger partial charge < -0.3 is 9.47 Å². The lowest BCUT2D eigenvalue weighted by molar-refractivity contribution is 0.0561. The smallest absolute Gasteiger partial charge is 0.435 e. The molecule has 1 aromatic rings. The summed E-state index contributed by atoms with van der Waals surface area (Å²) >= 11 is 0. The first-order valence-corrected chi connectivity index (χ1v) is 7.64. The zero-order chi connectivity index (χ0) is 18.4. The second-order valence-corrected chi connectivity index (χ2v) is 7.20. The van der Waals surface area contributed by atoms with Gasteiger partial charge in [0.05, 0.1) is 0 Å². The second kappa shape index (κ2) is 7.90. The van der Waals surface area contributed by atoms with Crippen LogP contribution in [0.25, 0.3) is 0 Å². The molecule has 0 aromatic carbocycles. The number of carbonyl (C=O) groups excluding carboxylic acids is 2. The Morgan fingerprint density at radius 3 is 2.25 bits per heavy atom. The molecule has 1 rings (SSSR count). The first-order valence-electron chi connectivity index (χ1n) is 7.64. The molecule has 0 fully saturated rings. The highest BCUT2D eigenvalue weighted by atomic mass is 16.6. The Kier molecular flexibility index (Phi) is 6.45. The van der Waals surface area contributed by atoms with Gasteiger partial charge in [0.1, 0.15) is 17.0 Å². The van der Waals surface area contributed by atoms with E-state index in [0.29, 0.717) is 0 Å². The highest BCUT2D eigenvalue weighted by Gasteiger charge is 2.20. The molecule has 0 radical (unpaired) electrons. The van der Waals surface area contributed by atoms with Crippen molar-refractivity contribution in [1.29, 1.82) is 0 Å². The first-order chi connectivity index (χ1) is 10.9. The van der Waals surface area contributed by atoms with Gasteiger partial charge in [-0.3, -0.25) is 10.3 Å². The predicted octanol–water partition coefficient (Wildman–Crippen LogP) is 3.48. The molecule has 7 heteroatoms. The molecule has 24 heavy (non-hydrogen) atoms. The fraction of sp³-hybridized carbons (Fsp3) is 0.529. The maximum atomic E-state index is 11.9. The number of rotatable bonds is 2. The average molecular weight is 335 g/mol.